The normalized spacial score (nSPS) is 13.5. The van der Waals surface area contributed by atoms with Gasteiger partial charge < -0.3 is 4.74 Å². The van der Waals surface area contributed by atoms with Crippen LogP contribution in [0.2, 0.25) is 0 Å². The first-order valence-electron chi connectivity index (χ1n) is 3.43. The number of alkyl halides is 1. The number of hydrogen-bond donors (Lipinski definition) is 0. The van der Waals surface area contributed by atoms with Crippen LogP contribution in [0.25, 0.3) is 0 Å². The van der Waals surface area contributed by atoms with Gasteiger partial charge in [0.05, 0.1) is 6.61 Å². The standard InChI is InChI=1S/C7H15BrOS/c1-9-6-7(8)4-3-5-10-2/h7H,3-6H2,1-2H3. The molecular formula is C7H15BrOS. The molecule has 0 spiro atoms. The van der Waals surface area contributed by atoms with Gasteiger partial charge in [0.1, 0.15) is 0 Å². The minimum absolute atomic E-state index is 0.546. The van der Waals surface area contributed by atoms with Crippen molar-refractivity contribution in [3.8, 4) is 0 Å². The molecule has 0 N–H and O–H groups in total. The third-order valence-corrected chi connectivity index (χ3v) is 2.63. The second kappa shape index (κ2) is 7.89. The Kier molecular flexibility index (Phi) is 8.52. The maximum absolute atomic E-state index is 4.98. The molecule has 0 rings (SSSR count). The average molecular weight is 227 g/mol. The second-order valence-electron chi connectivity index (χ2n) is 2.19. The molecule has 1 nitrogen and oxygen atoms in total. The van der Waals surface area contributed by atoms with E-state index in [1.165, 1.54) is 18.6 Å². The molecule has 62 valence electrons. The zero-order valence-electron chi connectivity index (χ0n) is 6.60. The molecule has 0 aliphatic carbocycles. The lowest BCUT2D eigenvalue weighted by Crippen LogP contribution is -2.06. The van der Waals surface area contributed by atoms with Crippen LogP contribution < -0.4 is 0 Å². The first-order chi connectivity index (χ1) is 4.81. The molecule has 10 heavy (non-hydrogen) atoms. The molecule has 0 aromatic carbocycles. The van der Waals surface area contributed by atoms with Gasteiger partial charge >= 0.3 is 0 Å². The molecule has 0 aromatic heterocycles. The molecule has 0 radical (unpaired) electrons. The van der Waals surface area contributed by atoms with E-state index < -0.39 is 0 Å². The van der Waals surface area contributed by atoms with Gasteiger partial charge in [-0.2, -0.15) is 11.8 Å². The smallest absolute Gasteiger partial charge is 0.0587 e. The Morgan fingerprint density at radius 3 is 2.80 bits per heavy atom. The number of halogens is 1. The van der Waals surface area contributed by atoms with Crippen LogP contribution in [-0.4, -0.2) is 30.6 Å². The number of rotatable bonds is 6. The summed E-state index contributed by atoms with van der Waals surface area (Å²) in [5, 5.41) is 0. The number of hydrogen-bond acceptors (Lipinski definition) is 2. The van der Waals surface area contributed by atoms with Gasteiger partial charge in [0.25, 0.3) is 0 Å². The SMILES string of the molecule is COCC(Br)CCCSC. The molecule has 0 aliphatic rings. The van der Waals surface area contributed by atoms with E-state index in [0.717, 1.165) is 6.61 Å². The summed E-state index contributed by atoms with van der Waals surface area (Å²) in [6.45, 7) is 0.828. The van der Waals surface area contributed by atoms with Crippen molar-refractivity contribution in [3.63, 3.8) is 0 Å². The zero-order valence-corrected chi connectivity index (χ0v) is 9.00. The maximum Gasteiger partial charge on any atom is 0.0587 e. The quantitative estimate of drug-likeness (QED) is 0.509. The van der Waals surface area contributed by atoms with Crippen LogP contribution >= 0.6 is 27.7 Å². The molecule has 0 heterocycles. The highest BCUT2D eigenvalue weighted by molar-refractivity contribution is 9.09. The molecule has 0 aromatic rings. The molecule has 0 saturated heterocycles. The molecule has 0 saturated carbocycles. The summed E-state index contributed by atoms with van der Waals surface area (Å²) in [7, 11) is 1.74. The van der Waals surface area contributed by atoms with Crippen LogP contribution in [0.4, 0.5) is 0 Å². The van der Waals surface area contributed by atoms with Gasteiger partial charge in [-0.05, 0) is 24.9 Å². The van der Waals surface area contributed by atoms with E-state index in [4.69, 9.17) is 4.74 Å². The van der Waals surface area contributed by atoms with Crippen molar-refractivity contribution in [1.29, 1.82) is 0 Å². The van der Waals surface area contributed by atoms with Crippen molar-refractivity contribution in [1.82, 2.24) is 0 Å². The van der Waals surface area contributed by atoms with Crippen LogP contribution in [0.1, 0.15) is 12.8 Å². The van der Waals surface area contributed by atoms with Crippen LogP contribution in [0.15, 0.2) is 0 Å². The van der Waals surface area contributed by atoms with E-state index in [1.807, 2.05) is 11.8 Å². The first kappa shape index (κ1) is 10.8. The van der Waals surface area contributed by atoms with Gasteiger partial charge in [-0.3, -0.25) is 0 Å². The van der Waals surface area contributed by atoms with Crippen molar-refractivity contribution in [2.24, 2.45) is 0 Å². The second-order valence-corrected chi connectivity index (χ2v) is 4.47. The van der Waals surface area contributed by atoms with Crippen molar-refractivity contribution in [2.45, 2.75) is 17.7 Å². The van der Waals surface area contributed by atoms with E-state index in [1.54, 1.807) is 7.11 Å². The summed E-state index contributed by atoms with van der Waals surface area (Å²) in [4.78, 5) is 0.546. The number of ether oxygens (including phenoxy) is 1. The van der Waals surface area contributed by atoms with Crippen molar-refractivity contribution in [3.05, 3.63) is 0 Å². The Morgan fingerprint density at radius 1 is 1.60 bits per heavy atom. The van der Waals surface area contributed by atoms with Gasteiger partial charge in [-0.1, -0.05) is 15.9 Å². The van der Waals surface area contributed by atoms with Crippen molar-refractivity contribution in [2.75, 3.05) is 25.7 Å². The Balaban J connectivity index is 2.97. The fraction of sp³-hybridized carbons (Fsp3) is 1.00. The van der Waals surface area contributed by atoms with E-state index in [-0.39, 0.29) is 0 Å². The fourth-order valence-corrected chi connectivity index (χ4v) is 1.76. The predicted octanol–water partition coefficient (Wildman–Crippen LogP) is 2.54. The summed E-state index contributed by atoms with van der Waals surface area (Å²) in [5.41, 5.74) is 0. The highest BCUT2D eigenvalue weighted by Crippen LogP contribution is 2.10. The van der Waals surface area contributed by atoms with E-state index in [0.29, 0.717) is 4.83 Å². The Bertz CT molecular complexity index is 70.6. The van der Waals surface area contributed by atoms with Crippen LogP contribution in [0.3, 0.4) is 0 Å². The first-order valence-corrected chi connectivity index (χ1v) is 5.74. The third kappa shape index (κ3) is 6.90. The predicted molar refractivity (Wildman–Crippen MR) is 52.2 cm³/mol. The van der Waals surface area contributed by atoms with E-state index in [9.17, 15) is 0 Å². The summed E-state index contributed by atoms with van der Waals surface area (Å²) in [6, 6.07) is 0. The van der Waals surface area contributed by atoms with Crippen LogP contribution in [-0.2, 0) is 4.74 Å². The number of methoxy groups -OCH3 is 1. The van der Waals surface area contributed by atoms with Gasteiger partial charge in [-0.15, -0.1) is 0 Å². The molecule has 3 heteroatoms. The molecule has 0 fully saturated rings. The molecule has 0 aliphatic heterocycles. The minimum Gasteiger partial charge on any atom is -0.384 e. The molecule has 1 atom stereocenters. The highest BCUT2D eigenvalue weighted by Gasteiger charge is 2.01. The zero-order chi connectivity index (χ0) is 7.82. The highest BCUT2D eigenvalue weighted by atomic mass is 79.9. The molecular weight excluding hydrogens is 212 g/mol. The van der Waals surface area contributed by atoms with Gasteiger partial charge in [-0.25, -0.2) is 0 Å². The molecule has 1 unspecified atom stereocenters. The Labute approximate surface area is 76.0 Å². The van der Waals surface area contributed by atoms with Crippen LogP contribution in [0, 0.1) is 0 Å². The monoisotopic (exact) mass is 226 g/mol. The molecule has 0 amide bonds. The lowest BCUT2D eigenvalue weighted by atomic mass is 10.3. The van der Waals surface area contributed by atoms with Crippen molar-refractivity contribution < 1.29 is 4.74 Å². The largest absolute Gasteiger partial charge is 0.384 e. The third-order valence-electron chi connectivity index (χ3n) is 1.21. The average Bonchev–Trinajstić information content (AvgIpc) is 1.89. The van der Waals surface area contributed by atoms with E-state index in [2.05, 4.69) is 22.2 Å². The summed E-state index contributed by atoms with van der Waals surface area (Å²) in [6.07, 6.45) is 4.63. The lowest BCUT2D eigenvalue weighted by molar-refractivity contribution is 0.198. The minimum atomic E-state index is 0.546. The van der Waals surface area contributed by atoms with Gasteiger partial charge in [0.2, 0.25) is 0 Å². The summed E-state index contributed by atoms with van der Waals surface area (Å²) < 4.78 is 4.98. The summed E-state index contributed by atoms with van der Waals surface area (Å²) in [5.74, 6) is 1.26. The van der Waals surface area contributed by atoms with E-state index >= 15 is 0 Å². The number of thioether (sulfide) groups is 1. The maximum atomic E-state index is 4.98. The van der Waals surface area contributed by atoms with Gasteiger partial charge in [0.15, 0.2) is 0 Å². The fourth-order valence-electron chi connectivity index (χ4n) is 0.713. The Hall–Kier alpha value is 0.790. The topological polar surface area (TPSA) is 9.23 Å². The summed E-state index contributed by atoms with van der Waals surface area (Å²) >= 11 is 5.43. The van der Waals surface area contributed by atoms with Crippen LogP contribution in [0.5, 0.6) is 0 Å². The van der Waals surface area contributed by atoms with Gasteiger partial charge in [0, 0.05) is 11.9 Å². The lowest BCUT2D eigenvalue weighted by Gasteiger charge is -2.06. The van der Waals surface area contributed by atoms with Crippen molar-refractivity contribution >= 4 is 27.7 Å². The Morgan fingerprint density at radius 2 is 2.30 bits per heavy atom. The molecule has 0 bridgehead atoms.